The van der Waals surface area contributed by atoms with E-state index in [9.17, 15) is 4.79 Å². The van der Waals surface area contributed by atoms with Gasteiger partial charge in [0.2, 0.25) is 0 Å². The fourth-order valence-electron chi connectivity index (χ4n) is 1.06. The maximum Gasteiger partial charge on any atom is 0.173 e. The Morgan fingerprint density at radius 3 is 2.77 bits per heavy atom. The Hall–Kier alpha value is -0.540. The molecule has 0 fully saturated rings. The fraction of sp³-hybridized carbons (Fsp3) is 0.222. The summed E-state index contributed by atoms with van der Waals surface area (Å²) < 4.78 is 0. The minimum atomic E-state index is -0.00769. The first-order chi connectivity index (χ1) is 6.06. The van der Waals surface area contributed by atoms with E-state index in [0.717, 1.165) is 5.56 Å². The Labute approximate surface area is 90.2 Å². The van der Waals surface area contributed by atoms with E-state index >= 15 is 0 Å². The molecule has 0 heterocycles. The van der Waals surface area contributed by atoms with Crippen molar-refractivity contribution in [2.45, 2.75) is 6.92 Å². The van der Waals surface area contributed by atoms with Crippen LogP contribution in [0.15, 0.2) is 12.1 Å². The molecular formula is C9H9BrClNO. The van der Waals surface area contributed by atoms with Crippen molar-refractivity contribution in [3.05, 3.63) is 28.3 Å². The van der Waals surface area contributed by atoms with Crippen molar-refractivity contribution in [2.75, 3.05) is 11.1 Å². The Morgan fingerprint density at radius 2 is 2.23 bits per heavy atom. The number of halogens is 2. The van der Waals surface area contributed by atoms with E-state index in [2.05, 4.69) is 15.9 Å². The maximum absolute atomic E-state index is 11.4. The molecule has 0 aliphatic heterocycles. The van der Waals surface area contributed by atoms with Crippen molar-refractivity contribution in [1.29, 1.82) is 0 Å². The van der Waals surface area contributed by atoms with Gasteiger partial charge in [-0.1, -0.05) is 27.5 Å². The van der Waals surface area contributed by atoms with Gasteiger partial charge in [-0.05, 0) is 24.6 Å². The van der Waals surface area contributed by atoms with Crippen molar-refractivity contribution >= 4 is 39.0 Å². The second-order valence-electron chi connectivity index (χ2n) is 2.73. The van der Waals surface area contributed by atoms with Crippen LogP contribution in [0.25, 0.3) is 0 Å². The van der Waals surface area contributed by atoms with E-state index in [0.29, 0.717) is 16.3 Å². The number of anilines is 1. The van der Waals surface area contributed by atoms with Crippen LogP contribution in [0.4, 0.5) is 5.69 Å². The van der Waals surface area contributed by atoms with E-state index in [-0.39, 0.29) is 11.1 Å². The SMILES string of the molecule is Cc1c(Cl)cc(N)cc1C(=O)CBr. The third kappa shape index (κ3) is 2.23. The number of hydrogen-bond donors (Lipinski definition) is 1. The monoisotopic (exact) mass is 261 g/mol. The highest BCUT2D eigenvalue weighted by Crippen LogP contribution is 2.23. The Bertz CT molecular complexity index is 352. The molecule has 70 valence electrons. The zero-order valence-electron chi connectivity index (χ0n) is 7.10. The maximum atomic E-state index is 11.4. The molecule has 0 aromatic heterocycles. The van der Waals surface area contributed by atoms with E-state index in [1.807, 2.05) is 0 Å². The van der Waals surface area contributed by atoms with Crippen LogP contribution >= 0.6 is 27.5 Å². The molecule has 0 saturated heterocycles. The van der Waals surface area contributed by atoms with E-state index in [4.69, 9.17) is 17.3 Å². The molecule has 0 radical (unpaired) electrons. The molecule has 0 aliphatic carbocycles. The molecule has 0 bridgehead atoms. The van der Waals surface area contributed by atoms with Crippen LogP contribution in [0, 0.1) is 6.92 Å². The summed E-state index contributed by atoms with van der Waals surface area (Å²) in [6, 6.07) is 3.28. The highest BCUT2D eigenvalue weighted by molar-refractivity contribution is 9.09. The molecule has 2 N–H and O–H groups in total. The van der Waals surface area contributed by atoms with Crippen LogP contribution in [0.3, 0.4) is 0 Å². The molecule has 1 aromatic carbocycles. The number of nitrogens with two attached hydrogens (primary N) is 1. The number of alkyl halides is 1. The highest BCUT2D eigenvalue weighted by Gasteiger charge is 2.10. The molecule has 2 nitrogen and oxygen atoms in total. The first kappa shape index (κ1) is 10.5. The van der Waals surface area contributed by atoms with Gasteiger partial charge >= 0.3 is 0 Å². The lowest BCUT2D eigenvalue weighted by molar-refractivity contribution is 0.102. The summed E-state index contributed by atoms with van der Waals surface area (Å²) in [7, 11) is 0. The second-order valence-corrected chi connectivity index (χ2v) is 3.70. The van der Waals surface area contributed by atoms with E-state index in [1.54, 1.807) is 19.1 Å². The second kappa shape index (κ2) is 4.11. The Kier molecular flexibility index (Phi) is 3.33. The zero-order chi connectivity index (χ0) is 10.0. The van der Waals surface area contributed by atoms with Gasteiger partial charge in [0.05, 0.1) is 5.33 Å². The number of rotatable bonds is 2. The molecular weight excluding hydrogens is 253 g/mol. The van der Waals surface area contributed by atoms with E-state index < -0.39 is 0 Å². The third-order valence-corrected chi connectivity index (χ3v) is 2.69. The predicted octanol–water partition coefficient (Wildman–Crippen LogP) is 2.81. The lowest BCUT2D eigenvalue weighted by Gasteiger charge is -2.06. The van der Waals surface area contributed by atoms with Gasteiger partial charge in [0.25, 0.3) is 0 Å². The van der Waals surface area contributed by atoms with Gasteiger partial charge < -0.3 is 5.73 Å². The Morgan fingerprint density at radius 1 is 1.62 bits per heavy atom. The van der Waals surface area contributed by atoms with Crippen molar-refractivity contribution in [3.8, 4) is 0 Å². The topological polar surface area (TPSA) is 43.1 Å². The van der Waals surface area contributed by atoms with Gasteiger partial charge in [0.15, 0.2) is 5.78 Å². The normalized spacial score (nSPS) is 10.1. The van der Waals surface area contributed by atoms with Gasteiger partial charge in [0, 0.05) is 16.3 Å². The first-order valence-corrected chi connectivity index (χ1v) is 5.21. The minimum absolute atomic E-state index is 0.00769. The molecule has 4 heteroatoms. The number of carbonyl (C=O) groups is 1. The number of benzene rings is 1. The molecule has 13 heavy (non-hydrogen) atoms. The van der Waals surface area contributed by atoms with Crippen LogP contribution in [-0.2, 0) is 0 Å². The lowest BCUT2D eigenvalue weighted by Crippen LogP contribution is -2.04. The van der Waals surface area contributed by atoms with Crippen LogP contribution < -0.4 is 5.73 Å². The largest absolute Gasteiger partial charge is 0.399 e. The number of ketones is 1. The molecule has 1 aromatic rings. The van der Waals surface area contributed by atoms with Gasteiger partial charge in [-0.2, -0.15) is 0 Å². The molecule has 0 amide bonds. The van der Waals surface area contributed by atoms with Gasteiger partial charge in [-0.25, -0.2) is 0 Å². The zero-order valence-corrected chi connectivity index (χ0v) is 9.45. The molecule has 0 saturated carbocycles. The minimum Gasteiger partial charge on any atom is -0.399 e. The lowest BCUT2D eigenvalue weighted by atomic mass is 10.0. The summed E-state index contributed by atoms with van der Waals surface area (Å²) in [5.41, 5.74) is 7.45. The third-order valence-electron chi connectivity index (χ3n) is 1.79. The highest BCUT2D eigenvalue weighted by atomic mass is 79.9. The average Bonchev–Trinajstić information content (AvgIpc) is 2.10. The Balaban J connectivity index is 3.28. The summed E-state index contributed by atoms with van der Waals surface area (Å²) in [5.74, 6) is -0.00769. The van der Waals surface area contributed by atoms with Crippen LogP contribution in [0.5, 0.6) is 0 Å². The number of carbonyl (C=O) groups excluding carboxylic acids is 1. The summed E-state index contributed by atoms with van der Waals surface area (Å²) >= 11 is 8.97. The van der Waals surface area contributed by atoms with E-state index in [1.165, 1.54) is 0 Å². The molecule has 0 spiro atoms. The smallest absolute Gasteiger partial charge is 0.173 e. The number of nitrogen functional groups attached to an aromatic ring is 1. The van der Waals surface area contributed by atoms with Gasteiger partial charge in [-0.3, -0.25) is 4.79 Å². The summed E-state index contributed by atoms with van der Waals surface area (Å²) in [6.07, 6.45) is 0. The number of Topliss-reactive ketones (excluding diaryl/α,β-unsaturated/α-hetero) is 1. The van der Waals surface area contributed by atoms with Crippen molar-refractivity contribution in [2.24, 2.45) is 0 Å². The summed E-state index contributed by atoms with van der Waals surface area (Å²) in [6.45, 7) is 1.80. The van der Waals surface area contributed by atoms with Crippen molar-refractivity contribution in [1.82, 2.24) is 0 Å². The molecule has 0 atom stereocenters. The van der Waals surface area contributed by atoms with Crippen molar-refractivity contribution in [3.63, 3.8) is 0 Å². The van der Waals surface area contributed by atoms with Crippen LogP contribution in [0.2, 0.25) is 5.02 Å². The average molecular weight is 263 g/mol. The molecule has 0 unspecified atom stereocenters. The fourth-order valence-corrected chi connectivity index (χ4v) is 1.59. The standard InChI is InChI=1S/C9H9BrClNO/c1-5-7(9(13)4-10)2-6(12)3-8(5)11/h2-3H,4,12H2,1H3. The summed E-state index contributed by atoms with van der Waals surface area (Å²) in [5, 5.41) is 0.817. The number of hydrogen-bond acceptors (Lipinski definition) is 2. The van der Waals surface area contributed by atoms with Crippen LogP contribution in [-0.4, -0.2) is 11.1 Å². The van der Waals surface area contributed by atoms with Crippen LogP contribution in [0.1, 0.15) is 15.9 Å². The summed E-state index contributed by atoms with van der Waals surface area (Å²) in [4.78, 5) is 11.4. The van der Waals surface area contributed by atoms with Gasteiger partial charge in [0.1, 0.15) is 0 Å². The molecule has 0 aliphatic rings. The first-order valence-electron chi connectivity index (χ1n) is 3.71. The van der Waals surface area contributed by atoms with Crippen molar-refractivity contribution < 1.29 is 4.79 Å². The quantitative estimate of drug-likeness (QED) is 0.506. The molecule has 1 rings (SSSR count). The van der Waals surface area contributed by atoms with Gasteiger partial charge in [-0.15, -0.1) is 0 Å². The predicted molar refractivity (Wildman–Crippen MR) is 58.7 cm³/mol.